The van der Waals surface area contributed by atoms with E-state index in [-0.39, 0.29) is 0 Å². The molecule has 0 heterocycles. The Labute approximate surface area is 122 Å². The highest BCUT2D eigenvalue weighted by Crippen LogP contribution is 2.18. The fourth-order valence-corrected chi connectivity index (χ4v) is 2.22. The maximum Gasteiger partial charge on any atom is 0.304 e. The van der Waals surface area contributed by atoms with Crippen molar-refractivity contribution in [2.75, 3.05) is 0 Å². The molecule has 0 fully saturated rings. The Bertz CT molecular complexity index is 644. The zero-order chi connectivity index (χ0) is 15.2. The number of rotatable bonds is 6. The van der Waals surface area contributed by atoms with Crippen LogP contribution in [0.25, 0.3) is 0 Å². The van der Waals surface area contributed by atoms with Crippen LogP contribution in [0.2, 0.25) is 0 Å². The van der Waals surface area contributed by atoms with Crippen molar-refractivity contribution in [3.63, 3.8) is 0 Å². The highest BCUT2D eigenvalue weighted by atomic mass is 19.1. The molecule has 0 saturated carbocycles. The average molecular weight is 288 g/mol. The van der Waals surface area contributed by atoms with E-state index in [0.29, 0.717) is 18.7 Å². The molecule has 0 aromatic heterocycles. The molecule has 5 heteroatoms. The normalized spacial score (nSPS) is 10.6. The monoisotopic (exact) mass is 288 g/mol. The quantitative estimate of drug-likeness (QED) is 0.653. The first-order valence-electron chi connectivity index (χ1n) is 6.82. The Morgan fingerprint density at radius 2 is 1.86 bits per heavy atom. The van der Waals surface area contributed by atoms with Crippen LogP contribution >= 0.6 is 0 Å². The molecule has 0 radical (unpaired) electrons. The van der Waals surface area contributed by atoms with Crippen LogP contribution in [0.1, 0.15) is 23.6 Å². The van der Waals surface area contributed by atoms with E-state index in [0.717, 1.165) is 6.42 Å². The van der Waals surface area contributed by atoms with Crippen LogP contribution in [-0.4, -0.2) is 4.92 Å². The van der Waals surface area contributed by atoms with Gasteiger partial charge < -0.3 is 5.32 Å². The van der Waals surface area contributed by atoms with Gasteiger partial charge in [-0.15, -0.1) is 0 Å². The van der Waals surface area contributed by atoms with Crippen molar-refractivity contribution in [3.8, 4) is 0 Å². The van der Waals surface area contributed by atoms with E-state index in [1.165, 1.54) is 23.3 Å². The summed E-state index contributed by atoms with van der Waals surface area (Å²) in [4.78, 5) is 9.83. The molecule has 21 heavy (non-hydrogen) atoms. The minimum atomic E-state index is -0.798. The van der Waals surface area contributed by atoms with E-state index in [1.54, 1.807) is 6.07 Å². The summed E-state index contributed by atoms with van der Waals surface area (Å²) < 4.78 is 13.5. The van der Waals surface area contributed by atoms with Crippen molar-refractivity contribution >= 4 is 5.69 Å². The lowest BCUT2D eigenvalue weighted by molar-refractivity contribution is -0.387. The second-order valence-corrected chi connectivity index (χ2v) is 4.77. The molecule has 0 bridgehead atoms. The molecule has 2 rings (SSSR count). The molecular weight excluding hydrogens is 271 g/mol. The van der Waals surface area contributed by atoms with E-state index < -0.39 is 16.4 Å². The first-order chi connectivity index (χ1) is 10.1. The first-order valence-corrected chi connectivity index (χ1v) is 6.82. The molecule has 0 spiro atoms. The van der Waals surface area contributed by atoms with Crippen molar-refractivity contribution in [2.24, 2.45) is 0 Å². The third-order valence-corrected chi connectivity index (χ3v) is 3.35. The fraction of sp³-hybridized carbons (Fsp3) is 0.250. The number of nitrogens with zero attached hydrogens (tertiary/aromatic N) is 1. The van der Waals surface area contributed by atoms with Crippen LogP contribution in [0, 0.1) is 15.9 Å². The van der Waals surface area contributed by atoms with Gasteiger partial charge in [0.05, 0.1) is 4.92 Å². The van der Waals surface area contributed by atoms with Gasteiger partial charge in [0, 0.05) is 19.2 Å². The summed E-state index contributed by atoms with van der Waals surface area (Å²) in [6.07, 6.45) is 0.962. The fourth-order valence-electron chi connectivity index (χ4n) is 2.22. The maximum absolute atomic E-state index is 13.5. The maximum atomic E-state index is 13.5. The summed E-state index contributed by atoms with van der Waals surface area (Å²) in [6.45, 7) is 3.25. The van der Waals surface area contributed by atoms with Gasteiger partial charge in [-0.3, -0.25) is 10.1 Å². The lowest BCUT2D eigenvalue weighted by Crippen LogP contribution is -2.14. The second kappa shape index (κ2) is 6.95. The third-order valence-electron chi connectivity index (χ3n) is 3.35. The molecule has 110 valence electrons. The van der Waals surface area contributed by atoms with Gasteiger partial charge in [-0.25, -0.2) is 0 Å². The predicted molar refractivity (Wildman–Crippen MR) is 79.4 cm³/mol. The minimum Gasteiger partial charge on any atom is -0.309 e. The van der Waals surface area contributed by atoms with Crippen LogP contribution in [0.3, 0.4) is 0 Å². The van der Waals surface area contributed by atoms with Crippen molar-refractivity contribution < 1.29 is 9.31 Å². The standard InChI is InChI=1S/C16H17FN2O2/c1-2-13-5-3-4-6-14(13)11-18-10-12-7-8-16(19(20)21)15(17)9-12/h3-9,18H,2,10-11H2,1H3. The van der Waals surface area contributed by atoms with Gasteiger partial charge in [0.1, 0.15) is 0 Å². The summed E-state index contributed by atoms with van der Waals surface area (Å²) in [5, 5.41) is 13.8. The molecule has 0 amide bonds. The topological polar surface area (TPSA) is 55.2 Å². The zero-order valence-electron chi connectivity index (χ0n) is 11.8. The van der Waals surface area contributed by atoms with Crippen molar-refractivity contribution in [1.29, 1.82) is 0 Å². The SMILES string of the molecule is CCc1ccccc1CNCc1ccc([N+](=O)[O-])c(F)c1. The van der Waals surface area contributed by atoms with E-state index in [9.17, 15) is 14.5 Å². The van der Waals surface area contributed by atoms with Crippen LogP contribution in [-0.2, 0) is 19.5 Å². The Balaban J connectivity index is 1.97. The average Bonchev–Trinajstić information content (AvgIpc) is 2.47. The van der Waals surface area contributed by atoms with Crippen LogP contribution in [0.4, 0.5) is 10.1 Å². The number of nitro groups is 1. The second-order valence-electron chi connectivity index (χ2n) is 4.77. The molecule has 2 aromatic rings. The minimum absolute atomic E-state index is 0.465. The lowest BCUT2D eigenvalue weighted by Gasteiger charge is -2.09. The predicted octanol–water partition coefficient (Wildman–Crippen LogP) is 3.59. The highest BCUT2D eigenvalue weighted by Gasteiger charge is 2.13. The first kappa shape index (κ1) is 15.1. The number of nitrogens with one attached hydrogen (secondary N) is 1. The largest absolute Gasteiger partial charge is 0.309 e. The Morgan fingerprint density at radius 3 is 2.48 bits per heavy atom. The summed E-state index contributed by atoms with van der Waals surface area (Å²) in [5.74, 6) is -0.798. The number of hydrogen-bond donors (Lipinski definition) is 1. The summed E-state index contributed by atoms with van der Waals surface area (Å²) in [5.41, 5.74) is 2.68. The third kappa shape index (κ3) is 3.86. The summed E-state index contributed by atoms with van der Waals surface area (Å²) >= 11 is 0. The van der Waals surface area contributed by atoms with Crippen molar-refractivity contribution in [2.45, 2.75) is 26.4 Å². The van der Waals surface area contributed by atoms with Gasteiger partial charge in [-0.05, 0) is 29.2 Å². The molecule has 1 N–H and O–H groups in total. The highest BCUT2D eigenvalue weighted by molar-refractivity contribution is 5.35. The molecule has 2 aromatic carbocycles. The van der Waals surface area contributed by atoms with Gasteiger partial charge in [0.25, 0.3) is 0 Å². The molecule has 0 saturated heterocycles. The molecular formula is C16H17FN2O2. The van der Waals surface area contributed by atoms with Gasteiger partial charge >= 0.3 is 5.69 Å². The Morgan fingerprint density at radius 1 is 1.14 bits per heavy atom. The van der Waals surface area contributed by atoms with E-state index >= 15 is 0 Å². The molecule has 0 aliphatic carbocycles. The number of benzene rings is 2. The lowest BCUT2D eigenvalue weighted by atomic mass is 10.1. The van der Waals surface area contributed by atoms with E-state index in [1.807, 2.05) is 12.1 Å². The zero-order valence-corrected chi connectivity index (χ0v) is 11.8. The molecule has 0 atom stereocenters. The Hall–Kier alpha value is -2.27. The van der Waals surface area contributed by atoms with E-state index in [4.69, 9.17) is 0 Å². The van der Waals surface area contributed by atoms with Crippen molar-refractivity contribution in [3.05, 3.63) is 75.1 Å². The van der Waals surface area contributed by atoms with Crippen LogP contribution < -0.4 is 5.32 Å². The smallest absolute Gasteiger partial charge is 0.304 e. The number of nitro benzene ring substituents is 1. The van der Waals surface area contributed by atoms with Gasteiger partial charge in [0.2, 0.25) is 5.82 Å². The molecule has 0 unspecified atom stereocenters. The van der Waals surface area contributed by atoms with Crippen LogP contribution in [0.5, 0.6) is 0 Å². The summed E-state index contributed by atoms with van der Waals surface area (Å²) in [7, 11) is 0. The number of aryl methyl sites for hydroxylation is 1. The van der Waals surface area contributed by atoms with Gasteiger partial charge in [-0.1, -0.05) is 37.3 Å². The Kier molecular flexibility index (Phi) is 5.00. The molecule has 0 aliphatic rings. The van der Waals surface area contributed by atoms with E-state index in [2.05, 4.69) is 24.4 Å². The molecule has 0 aliphatic heterocycles. The number of halogens is 1. The van der Waals surface area contributed by atoms with Gasteiger partial charge in [-0.2, -0.15) is 4.39 Å². The van der Waals surface area contributed by atoms with Crippen molar-refractivity contribution in [1.82, 2.24) is 5.32 Å². The summed E-state index contributed by atoms with van der Waals surface area (Å²) in [6, 6.07) is 12.1. The van der Waals surface area contributed by atoms with Crippen LogP contribution in [0.15, 0.2) is 42.5 Å². The molecule has 4 nitrogen and oxygen atoms in total. The number of hydrogen-bond acceptors (Lipinski definition) is 3. The van der Waals surface area contributed by atoms with Gasteiger partial charge in [0.15, 0.2) is 0 Å².